The number of aryl methyl sites for hydroxylation is 1. The van der Waals surface area contributed by atoms with Gasteiger partial charge in [0.05, 0.1) is 6.20 Å². The zero-order chi connectivity index (χ0) is 14.1. The van der Waals surface area contributed by atoms with Crippen LogP contribution in [0.4, 0.5) is 0 Å². The molecule has 7 heteroatoms. The predicted molar refractivity (Wildman–Crippen MR) is 75.7 cm³/mol. The van der Waals surface area contributed by atoms with E-state index in [4.69, 9.17) is 0 Å². The highest BCUT2D eigenvalue weighted by Gasteiger charge is 2.09. The summed E-state index contributed by atoms with van der Waals surface area (Å²) in [6.45, 7) is 1.61. The van der Waals surface area contributed by atoms with Crippen LogP contribution in [0.15, 0.2) is 29.3 Å². The van der Waals surface area contributed by atoms with Crippen molar-refractivity contribution < 1.29 is 0 Å². The van der Waals surface area contributed by atoms with E-state index in [2.05, 4.69) is 20.2 Å². The summed E-state index contributed by atoms with van der Waals surface area (Å²) in [7, 11) is 4.03. The first-order chi connectivity index (χ1) is 9.66. The van der Waals surface area contributed by atoms with E-state index in [1.165, 1.54) is 0 Å². The summed E-state index contributed by atoms with van der Waals surface area (Å²) in [5.74, 6) is 0. The molecule has 0 amide bonds. The zero-order valence-electron chi connectivity index (χ0n) is 11.5. The van der Waals surface area contributed by atoms with Crippen molar-refractivity contribution in [2.45, 2.75) is 13.0 Å². The molecule has 0 unspecified atom stereocenters. The van der Waals surface area contributed by atoms with Crippen LogP contribution in [-0.2, 0) is 6.54 Å². The maximum atomic E-state index is 12.4. The largest absolute Gasteiger partial charge is 0.313 e. The molecule has 0 aliphatic heterocycles. The number of fused-ring (bicyclic) bond motifs is 3. The quantitative estimate of drug-likeness (QED) is 0.687. The molecule has 0 radical (unpaired) electrons. The zero-order valence-corrected chi connectivity index (χ0v) is 11.5. The number of hydrogen-bond acceptors (Lipinski definition) is 5. The molecule has 0 aliphatic rings. The van der Waals surface area contributed by atoms with Gasteiger partial charge in [0.1, 0.15) is 5.52 Å². The molecule has 7 nitrogen and oxygen atoms in total. The minimum atomic E-state index is -0.119. The fourth-order valence-electron chi connectivity index (χ4n) is 2.21. The van der Waals surface area contributed by atoms with Crippen LogP contribution in [0, 0.1) is 0 Å². The highest BCUT2D eigenvalue weighted by atomic mass is 16.1. The molecule has 104 valence electrons. The molecule has 0 spiro atoms. The molecular formula is C13H16N6O. The van der Waals surface area contributed by atoms with Crippen molar-refractivity contribution in [1.29, 1.82) is 0 Å². The van der Waals surface area contributed by atoms with Gasteiger partial charge in [0.2, 0.25) is 0 Å². The maximum Gasteiger partial charge on any atom is 0.280 e. The van der Waals surface area contributed by atoms with Gasteiger partial charge in [-0.3, -0.25) is 4.79 Å². The fourth-order valence-corrected chi connectivity index (χ4v) is 2.21. The lowest BCUT2D eigenvalue weighted by atomic mass is 10.3. The van der Waals surface area contributed by atoms with Crippen molar-refractivity contribution >= 4 is 16.7 Å². The van der Waals surface area contributed by atoms with Crippen LogP contribution in [0.2, 0.25) is 0 Å². The summed E-state index contributed by atoms with van der Waals surface area (Å²) in [5, 5.41) is 12.2. The Bertz CT molecular complexity index is 803. The third-order valence-corrected chi connectivity index (χ3v) is 3.23. The van der Waals surface area contributed by atoms with Crippen LogP contribution in [0.3, 0.4) is 0 Å². The van der Waals surface area contributed by atoms with E-state index in [0.717, 1.165) is 13.0 Å². The van der Waals surface area contributed by atoms with Gasteiger partial charge in [-0.05, 0) is 33.1 Å². The first kappa shape index (κ1) is 12.7. The Labute approximate surface area is 115 Å². The van der Waals surface area contributed by atoms with Gasteiger partial charge < -0.3 is 9.47 Å². The molecule has 0 saturated heterocycles. The summed E-state index contributed by atoms with van der Waals surface area (Å²) >= 11 is 0. The Morgan fingerprint density at radius 2 is 2.10 bits per heavy atom. The standard InChI is InChI=1S/C13H16N6O/c1-17(2)7-3-8-18-9-5-10-12(13(18)20)16-15-11-4-6-14-19(10)11/h4-6,9H,3,7-8H2,1-2H3. The van der Waals surface area contributed by atoms with Crippen LogP contribution in [0.1, 0.15) is 6.42 Å². The van der Waals surface area contributed by atoms with Gasteiger partial charge in [-0.15, -0.1) is 10.2 Å². The number of nitrogens with zero attached hydrogens (tertiary/aromatic N) is 6. The minimum Gasteiger partial charge on any atom is -0.313 e. The second kappa shape index (κ2) is 5.01. The molecule has 3 heterocycles. The molecule has 3 aromatic rings. The minimum absolute atomic E-state index is 0.119. The van der Waals surface area contributed by atoms with Gasteiger partial charge in [-0.2, -0.15) is 5.10 Å². The normalized spacial score (nSPS) is 11.8. The highest BCUT2D eigenvalue weighted by Crippen LogP contribution is 2.08. The second-order valence-corrected chi connectivity index (χ2v) is 5.01. The van der Waals surface area contributed by atoms with Crippen molar-refractivity contribution in [3.8, 4) is 0 Å². The Balaban J connectivity index is 2.02. The molecule has 3 rings (SSSR count). The Hall–Kier alpha value is -2.28. The predicted octanol–water partition coefficient (Wildman–Crippen LogP) is 0.391. The van der Waals surface area contributed by atoms with Gasteiger partial charge in [-0.1, -0.05) is 0 Å². The molecule has 0 aromatic carbocycles. The van der Waals surface area contributed by atoms with Gasteiger partial charge in [0, 0.05) is 18.8 Å². The van der Waals surface area contributed by atoms with Gasteiger partial charge in [0.15, 0.2) is 11.2 Å². The molecule has 20 heavy (non-hydrogen) atoms. The molecule has 0 atom stereocenters. The number of rotatable bonds is 4. The molecule has 3 aromatic heterocycles. The number of hydrogen-bond donors (Lipinski definition) is 0. The van der Waals surface area contributed by atoms with Crippen LogP contribution in [0.5, 0.6) is 0 Å². The average molecular weight is 272 g/mol. The van der Waals surface area contributed by atoms with E-state index in [1.54, 1.807) is 27.5 Å². The lowest BCUT2D eigenvalue weighted by Crippen LogP contribution is -2.24. The summed E-state index contributed by atoms with van der Waals surface area (Å²) in [5.41, 5.74) is 1.57. The average Bonchev–Trinajstić information content (AvgIpc) is 2.89. The fraction of sp³-hybridized carbons (Fsp3) is 0.385. The number of aromatic nitrogens is 5. The Morgan fingerprint density at radius 3 is 2.90 bits per heavy atom. The van der Waals surface area contributed by atoms with E-state index in [-0.39, 0.29) is 5.56 Å². The third-order valence-electron chi connectivity index (χ3n) is 3.23. The summed E-state index contributed by atoms with van der Waals surface area (Å²) in [6, 6.07) is 3.62. The van der Waals surface area contributed by atoms with Crippen molar-refractivity contribution in [3.05, 3.63) is 34.9 Å². The van der Waals surface area contributed by atoms with Crippen molar-refractivity contribution in [1.82, 2.24) is 29.3 Å². The van der Waals surface area contributed by atoms with Crippen LogP contribution < -0.4 is 5.56 Å². The molecule has 0 N–H and O–H groups in total. The highest BCUT2D eigenvalue weighted by molar-refractivity contribution is 5.74. The van der Waals surface area contributed by atoms with Crippen molar-refractivity contribution in [3.63, 3.8) is 0 Å². The summed E-state index contributed by atoms with van der Waals surface area (Å²) in [4.78, 5) is 14.5. The molecule has 0 aliphatic carbocycles. The van der Waals surface area contributed by atoms with Gasteiger partial charge in [-0.25, -0.2) is 4.52 Å². The first-order valence-electron chi connectivity index (χ1n) is 6.51. The van der Waals surface area contributed by atoms with Crippen LogP contribution in [0.25, 0.3) is 16.7 Å². The first-order valence-corrected chi connectivity index (χ1v) is 6.51. The van der Waals surface area contributed by atoms with E-state index >= 15 is 0 Å². The van der Waals surface area contributed by atoms with Crippen LogP contribution >= 0.6 is 0 Å². The topological polar surface area (TPSA) is 68.3 Å². The lowest BCUT2D eigenvalue weighted by molar-refractivity contribution is 0.385. The van der Waals surface area contributed by atoms with Gasteiger partial charge in [0.25, 0.3) is 5.56 Å². The van der Waals surface area contributed by atoms with E-state index < -0.39 is 0 Å². The second-order valence-electron chi connectivity index (χ2n) is 5.01. The molecular weight excluding hydrogens is 256 g/mol. The summed E-state index contributed by atoms with van der Waals surface area (Å²) in [6.07, 6.45) is 4.35. The monoisotopic (exact) mass is 272 g/mol. The van der Waals surface area contributed by atoms with E-state index in [1.807, 2.05) is 20.2 Å². The SMILES string of the molecule is CN(C)CCCn1ccc2c(nnc3ccnn32)c1=O. The lowest BCUT2D eigenvalue weighted by Gasteiger charge is -2.10. The smallest absolute Gasteiger partial charge is 0.280 e. The van der Waals surface area contributed by atoms with Crippen molar-refractivity contribution in [2.24, 2.45) is 0 Å². The van der Waals surface area contributed by atoms with E-state index in [0.29, 0.717) is 23.2 Å². The number of pyridine rings is 1. The summed E-state index contributed by atoms with van der Waals surface area (Å²) < 4.78 is 3.31. The Morgan fingerprint density at radius 1 is 1.25 bits per heavy atom. The third kappa shape index (κ3) is 2.16. The van der Waals surface area contributed by atoms with Gasteiger partial charge >= 0.3 is 0 Å². The maximum absolute atomic E-state index is 12.4. The van der Waals surface area contributed by atoms with Crippen LogP contribution in [-0.4, -0.2) is 49.9 Å². The molecule has 0 bridgehead atoms. The molecule has 0 fully saturated rings. The Kier molecular flexibility index (Phi) is 3.19. The van der Waals surface area contributed by atoms with E-state index in [9.17, 15) is 4.79 Å². The molecule has 0 saturated carbocycles. The van der Waals surface area contributed by atoms with Crippen molar-refractivity contribution in [2.75, 3.05) is 20.6 Å².